The first kappa shape index (κ1) is 16.4. The molecule has 1 amide bonds. The second kappa shape index (κ2) is 7.40. The maximum Gasteiger partial charge on any atom is 0.240 e. The molecule has 2 aliphatic heterocycles. The number of aromatic nitrogens is 3. The van der Waals surface area contributed by atoms with Crippen molar-refractivity contribution in [1.82, 2.24) is 24.6 Å². The lowest BCUT2D eigenvalue weighted by atomic mass is 10.2. The summed E-state index contributed by atoms with van der Waals surface area (Å²) in [5.41, 5.74) is 0. The summed E-state index contributed by atoms with van der Waals surface area (Å²) in [6.45, 7) is 9.61. The van der Waals surface area contributed by atoms with Gasteiger partial charge in [0.1, 0.15) is 12.2 Å². The molecule has 7 heteroatoms. The molecule has 2 aliphatic rings. The van der Waals surface area contributed by atoms with Gasteiger partial charge in [0.15, 0.2) is 0 Å². The summed E-state index contributed by atoms with van der Waals surface area (Å²) in [5, 5.41) is 4.33. The van der Waals surface area contributed by atoms with E-state index < -0.39 is 0 Å². The molecule has 7 nitrogen and oxygen atoms in total. The molecular formula is C16H27N5O2. The molecule has 23 heavy (non-hydrogen) atoms. The van der Waals surface area contributed by atoms with Gasteiger partial charge in [-0.1, -0.05) is 13.8 Å². The minimum absolute atomic E-state index is 0.0164. The molecule has 2 saturated heterocycles. The predicted octanol–water partition coefficient (Wildman–Crippen LogP) is 0.757. The second-order valence-electron chi connectivity index (χ2n) is 6.82. The average Bonchev–Trinajstić information content (AvgIpc) is 3.17. The van der Waals surface area contributed by atoms with Gasteiger partial charge in [0, 0.05) is 19.6 Å². The molecule has 128 valence electrons. The molecule has 0 spiro atoms. The van der Waals surface area contributed by atoms with Crippen molar-refractivity contribution < 1.29 is 9.53 Å². The maximum atomic E-state index is 12.8. The Bertz CT molecular complexity index is 524. The van der Waals surface area contributed by atoms with Crippen molar-refractivity contribution in [3.05, 3.63) is 12.2 Å². The fourth-order valence-corrected chi connectivity index (χ4v) is 3.38. The van der Waals surface area contributed by atoms with Crippen LogP contribution in [0.15, 0.2) is 6.33 Å². The third-order valence-electron chi connectivity index (χ3n) is 4.55. The van der Waals surface area contributed by atoms with Gasteiger partial charge in [-0.05, 0) is 25.3 Å². The first-order valence-corrected chi connectivity index (χ1v) is 8.62. The van der Waals surface area contributed by atoms with Crippen molar-refractivity contribution in [3.8, 4) is 0 Å². The zero-order chi connectivity index (χ0) is 16.2. The number of carbonyl (C=O) groups is 1. The summed E-state index contributed by atoms with van der Waals surface area (Å²) in [5.74, 6) is 1.74. The van der Waals surface area contributed by atoms with Gasteiger partial charge in [0.2, 0.25) is 5.91 Å². The van der Waals surface area contributed by atoms with Gasteiger partial charge < -0.3 is 9.64 Å². The van der Waals surface area contributed by atoms with E-state index in [4.69, 9.17) is 4.74 Å². The van der Waals surface area contributed by atoms with Crippen LogP contribution in [0.5, 0.6) is 0 Å². The number of hydrogen-bond acceptors (Lipinski definition) is 5. The van der Waals surface area contributed by atoms with E-state index in [1.165, 1.54) is 0 Å². The normalized spacial score (nSPS) is 22.9. The Labute approximate surface area is 137 Å². The summed E-state index contributed by atoms with van der Waals surface area (Å²) >= 11 is 0. The van der Waals surface area contributed by atoms with Crippen LogP contribution < -0.4 is 0 Å². The van der Waals surface area contributed by atoms with Gasteiger partial charge in [-0.3, -0.25) is 9.69 Å². The van der Waals surface area contributed by atoms with Crippen LogP contribution in [0.25, 0.3) is 0 Å². The molecule has 0 aliphatic carbocycles. The third kappa shape index (κ3) is 3.90. The molecule has 0 N–H and O–H groups in total. The summed E-state index contributed by atoms with van der Waals surface area (Å²) < 4.78 is 7.32. The van der Waals surface area contributed by atoms with E-state index >= 15 is 0 Å². The quantitative estimate of drug-likeness (QED) is 0.801. The highest BCUT2D eigenvalue weighted by molar-refractivity contribution is 5.82. The van der Waals surface area contributed by atoms with Crippen molar-refractivity contribution in [2.75, 3.05) is 32.8 Å². The van der Waals surface area contributed by atoms with Crippen molar-refractivity contribution in [2.24, 2.45) is 5.92 Å². The molecule has 1 unspecified atom stereocenters. The molecule has 0 radical (unpaired) electrons. The van der Waals surface area contributed by atoms with Crippen molar-refractivity contribution >= 4 is 5.91 Å². The SMILES string of the molecule is CC(C)Cn1ncnc1CN1CCCC1C(=O)N1CCOCC1. The van der Waals surface area contributed by atoms with Crippen LogP contribution in [0.1, 0.15) is 32.5 Å². The highest BCUT2D eigenvalue weighted by atomic mass is 16.5. The standard InChI is InChI=1S/C16H27N5O2/c1-13(2)10-21-15(17-12-18-21)11-20-5-3-4-14(20)16(22)19-6-8-23-9-7-19/h12-14H,3-11H2,1-2H3. The average molecular weight is 321 g/mol. The molecule has 1 atom stereocenters. The molecule has 1 aromatic rings. The molecule has 3 rings (SSSR count). The van der Waals surface area contributed by atoms with Gasteiger partial charge in [-0.15, -0.1) is 0 Å². The van der Waals surface area contributed by atoms with E-state index in [1.807, 2.05) is 9.58 Å². The highest BCUT2D eigenvalue weighted by Crippen LogP contribution is 2.22. The van der Waals surface area contributed by atoms with Crippen LogP contribution in [0.4, 0.5) is 0 Å². The second-order valence-corrected chi connectivity index (χ2v) is 6.82. The molecule has 2 fully saturated rings. The first-order valence-electron chi connectivity index (χ1n) is 8.62. The van der Waals surface area contributed by atoms with Crippen LogP contribution in [0, 0.1) is 5.92 Å². The van der Waals surface area contributed by atoms with E-state index in [1.54, 1.807) is 6.33 Å². The van der Waals surface area contributed by atoms with Crippen LogP contribution in [-0.4, -0.2) is 69.4 Å². The Hall–Kier alpha value is -1.47. The Balaban J connectivity index is 1.65. The third-order valence-corrected chi connectivity index (χ3v) is 4.55. The van der Waals surface area contributed by atoms with Gasteiger partial charge in [-0.25, -0.2) is 9.67 Å². The number of likely N-dealkylation sites (tertiary alicyclic amines) is 1. The van der Waals surface area contributed by atoms with Gasteiger partial charge in [-0.2, -0.15) is 5.10 Å². The van der Waals surface area contributed by atoms with Gasteiger partial charge in [0.25, 0.3) is 0 Å². The van der Waals surface area contributed by atoms with E-state index in [-0.39, 0.29) is 11.9 Å². The molecule has 1 aromatic heterocycles. The lowest BCUT2D eigenvalue weighted by Gasteiger charge is -2.32. The Morgan fingerprint density at radius 2 is 2.13 bits per heavy atom. The summed E-state index contributed by atoms with van der Waals surface area (Å²) in [6.07, 6.45) is 3.63. The highest BCUT2D eigenvalue weighted by Gasteiger charge is 2.34. The number of nitrogens with zero attached hydrogens (tertiary/aromatic N) is 5. The summed E-state index contributed by atoms with van der Waals surface area (Å²) in [7, 11) is 0. The zero-order valence-electron chi connectivity index (χ0n) is 14.1. The minimum Gasteiger partial charge on any atom is -0.378 e. The maximum absolute atomic E-state index is 12.8. The zero-order valence-corrected chi connectivity index (χ0v) is 14.1. The molecule has 0 aromatic carbocycles. The number of hydrogen-bond donors (Lipinski definition) is 0. The van der Waals surface area contributed by atoms with Crippen LogP contribution in [-0.2, 0) is 22.6 Å². The lowest BCUT2D eigenvalue weighted by Crippen LogP contribution is -2.49. The van der Waals surface area contributed by atoms with Crippen LogP contribution in [0.3, 0.4) is 0 Å². The lowest BCUT2D eigenvalue weighted by molar-refractivity contribution is -0.140. The number of ether oxygens (including phenoxy) is 1. The Kier molecular flexibility index (Phi) is 5.27. The smallest absolute Gasteiger partial charge is 0.240 e. The molecule has 0 saturated carbocycles. The fourth-order valence-electron chi connectivity index (χ4n) is 3.38. The number of amides is 1. The largest absolute Gasteiger partial charge is 0.378 e. The van der Waals surface area contributed by atoms with Crippen molar-refractivity contribution in [3.63, 3.8) is 0 Å². The van der Waals surface area contributed by atoms with Gasteiger partial charge >= 0.3 is 0 Å². The molecular weight excluding hydrogens is 294 g/mol. The van der Waals surface area contributed by atoms with E-state index in [0.29, 0.717) is 38.8 Å². The van der Waals surface area contributed by atoms with Crippen molar-refractivity contribution in [2.45, 2.75) is 45.8 Å². The monoisotopic (exact) mass is 321 g/mol. The van der Waals surface area contributed by atoms with Crippen LogP contribution >= 0.6 is 0 Å². The van der Waals surface area contributed by atoms with E-state index in [2.05, 4.69) is 28.8 Å². The van der Waals surface area contributed by atoms with Gasteiger partial charge in [0.05, 0.1) is 25.8 Å². The molecule has 3 heterocycles. The minimum atomic E-state index is -0.0164. The molecule has 0 bridgehead atoms. The van der Waals surface area contributed by atoms with E-state index in [0.717, 1.165) is 31.8 Å². The Morgan fingerprint density at radius 3 is 2.87 bits per heavy atom. The summed E-state index contributed by atoms with van der Waals surface area (Å²) in [6, 6.07) is -0.0164. The van der Waals surface area contributed by atoms with Crippen molar-refractivity contribution in [1.29, 1.82) is 0 Å². The van der Waals surface area contributed by atoms with E-state index in [9.17, 15) is 4.79 Å². The Morgan fingerprint density at radius 1 is 1.35 bits per heavy atom. The van der Waals surface area contributed by atoms with Crippen LogP contribution in [0.2, 0.25) is 0 Å². The predicted molar refractivity (Wildman–Crippen MR) is 85.7 cm³/mol. The summed E-state index contributed by atoms with van der Waals surface area (Å²) in [4.78, 5) is 21.4. The number of carbonyl (C=O) groups excluding carboxylic acids is 1. The number of morpholine rings is 1. The first-order chi connectivity index (χ1) is 11.1. The fraction of sp³-hybridized carbons (Fsp3) is 0.812. The topological polar surface area (TPSA) is 63.5 Å². The number of rotatable bonds is 5.